The first-order valence-corrected chi connectivity index (χ1v) is 8.89. The Labute approximate surface area is 145 Å². The van der Waals surface area contributed by atoms with Gasteiger partial charge in [-0.3, -0.25) is 0 Å². The molecule has 0 bridgehead atoms. The second kappa shape index (κ2) is 11.0. The van der Waals surface area contributed by atoms with Crippen molar-refractivity contribution in [2.45, 2.75) is 89.8 Å². The van der Waals surface area contributed by atoms with Crippen molar-refractivity contribution >= 4 is 6.08 Å². The predicted molar refractivity (Wildman–Crippen MR) is 91.3 cm³/mol. The molecule has 0 aromatic heterocycles. The van der Waals surface area contributed by atoms with Crippen molar-refractivity contribution in [1.29, 1.82) is 0 Å². The molecule has 1 saturated carbocycles. The predicted octanol–water partition coefficient (Wildman–Crippen LogP) is 3.17. The summed E-state index contributed by atoms with van der Waals surface area (Å²) in [6.45, 7) is 6.13. The summed E-state index contributed by atoms with van der Waals surface area (Å²) in [5, 5.41) is 9.87. The van der Waals surface area contributed by atoms with Crippen LogP contribution in [-0.4, -0.2) is 49.1 Å². The normalized spacial score (nSPS) is 20.2. The van der Waals surface area contributed by atoms with E-state index in [1.807, 2.05) is 20.8 Å². The van der Waals surface area contributed by atoms with Gasteiger partial charge in [-0.1, -0.05) is 32.1 Å². The van der Waals surface area contributed by atoms with E-state index in [2.05, 4.69) is 4.99 Å². The minimum absolute atomic E-state index is 0.108. The van der Waals surface area contributed by atoms with Crippen LogP contribution in [0.2, 0.25) is 0 Å². The molecule has 6 heteroatoms. The highest BCUT2D eigenvalue weighted by Gasteiger charge is 2.32. The number of nitrogens with zero attached hydrogens (tertiary/aromatic N) is 1. The Balaban J connectivity index is 2.82. The summed E-state index contributed by atoms with van der Waals surface area (Å²) in [4.78, 5) is 13.7. The molecule has 1 fully saturated rings. The highest BCUT2D eigenvalue weighted by Crippen LogP contribution is 2.31. The number of ether oxygens (including phenoxy) is 3. The van der Waals surface area contributed by atoms with Gasteiger partial charge in [-0.05, 0) is 33.1 Å². The van der Waals surface area contributed by atoms with Crippen LogP contribution in [0.5, 0.6) is 0 Å². The fraction of sp³-hybridized carbons (Fsp3) is 0.944. The van der Waals surface area contributed by atoms with Gasteiger partial charge in [0.05, 0.1) is 17.8 Å². The highest BCUT2D eigenvalue weighted by atomic mass is 16.7. The van der Waals surface area contributed by atoms with Crippen LogP contribution in [0.3, 0.4) is 0 Å². The smallest absolute Gasteiger partial charge is 0.237 e. The van der Waals surface area contributed by atoms with E-state index in [0.717, 1.165) is 6.42 Å². The van der Waals surface area contributed by atoms with Crippen LogP contribution in [0.25, 0.3) is 0 Å². The standard InChI is InChI=1S/C18H33NO5/c1-18(2,3)24-16(10-14-8-6-5-7-9-14)15(23-13-22-4)11-17(21)19-12-20/h14-17,21H,5-11,13H2,1-4H3. The van der Waals surface area contributed by atoms with Gasteiger partial charge in [0.15, 0.2) is 6.23 Å². The third-order valence-electron chi connectivity index (χ3n) is 4.25. The quantitative estimate of drug-likeness (QED) is 0.374. The number of hydrogen-bond acceptors (Lipinski definition) is 6. The zero-order valence-electron chi connectivity index (χ0n) is 15.5. The molecule has 3 atom stereocenters. The summed E-state index contributed by atoms with van der Waals surface area (Å²) in [7, 11) is 1.55. The maximum absolute atomic E-state index is 10.4. The molecule has 0 aliphatic heterocycles. The zero-order valence-corrected chi connectivity index (χ0v) is 15.5. The third kappa shape index (κ3) is 8.90. The molecule has 0 spiro atoms. The molecule has 140 valence electrons. The number of carbonyl (C=O) groups excluding carboxylic acids is 1. The first-order valence-electron chi connectivity index (χ1n) is 8.89. The topological polar surface area (TPSA) is 77.4 Å². The van der Waals surface area contributed by atoms with E-state index >= 15 is 0 Å². The third-order valence-corrected chi connectivity index (χ3v) is 4.25. The Morgan fingerprint density at radius 3 is 2.42 bits per heavy atom. The first-order chi connectivity index (χ1) is 11.4. The fourth-order valence-corrected chi connectivity index (χ4v) is 3.29. The average Bonchev–Trinajstić information content (AvgIpc) is 2.50. The van der Waals surface area contributed by atoms with Gasteiger partial charge in [-0.2, -0.15) is 4.99 Å². The summed E-state index contributed by atoms with van der Waals surface area (Å²) in [6, 6.07) is 0. The molecule has 0 aromatic rings. The molecule has 1 aliphatic carbocycles. The number of aliphatic hydroxyl groups excluding tert-OH is 1. The van der Waals surface area contributed by atoms with E-state index in [0.29, 0.717) is 5.92 Å². The number of aliphatic hydroxyl groups is 1. The Kier molecular flexibility index (Phi) is 9.71. The maximum Gasteiger partial charge on any atom is 0.237 e. The number of isocyanates is 1. The second-order valence-electron chi connectivity index (χ2n) is 7.56. The highest BCUT2D eigenvalue weighted by molar-refractivity contribution is 5.33. The first kappa shape index (κ1) is 21.3. The molecule has 1 aliphatic rings. The van der Waals surface area contributed by atoms with Crippen molar-refractivity contribution in [2.24, 2.45) is 10.9 Å². The monoisotopic (exact) mass is 343 g/mol. The summed E-state index contributed by atoms with van der Waals surface area (Å²) in [5.74, 6) is 0.603. The average molecular weight is 343 g/mol. The van der Waals surface area contributed by atoms with Crippen molar-refractivity contribution < 1.29 is 24.1 Å². The lowest BCUT2D eigenvalue weighted by molar-refractivity contribution is -0.173. The van der Waals surface area contributed by atoms with E-state index in [-0.39, 0.29) is 24.9 Å². The van der Waals surface area contributed by atoms with Crippen LogP contribution < -0.4 is 0 Å². The Morgan fingerprint density at radius 2 is 1.88 bits per heavy atom. The van der Waals surface area contributed by atoms with Crippen LogP contribution in [0.1, 0.15) is 65.7 Å². The van der Waals surface area contributed by atoms with Crippen molar-refractivity contribution in [3.05, 3.63) is 0 Å². The summed E-state index contributed by atoms with van der Waals surface area (Å²) in [5.41, 5.74) is -0.326. The molecular weight excluding hydrogens is 310 g/mol. The lowest BCUT2D eigenvalue weighted by Gasteiger charge is -2.36. The molecule has 1 rings (SSSR count). The van der Waals surface area contributed by atoms with Crippen LogP contribution in [0, 0.1) is 5.92 Å². The SMILES string of the molecule is COCOC(CC(O)N=C=O)C(CC1CCCCC1)OC(C)(C)C. The Morgan fingerprint density at radius 1 is 1.21 bits per heavy atom. The second-order valence-corrected chi connectivity index (χ2v) is 7.56. The van der Waals surface area contributed by atoms with Gasteiger partial charge in [0.1, 0.15) is 6.79 Å². The molecule has 3 unspecified atom stereocenters. The number of rotatable bonds is 10. The van der Waals surface area contributed by atoms with E-state index in [9.17, 15) is 9.90 Å². The minimum Gasteiger partial charge on any atom is -0.371 e. The Bertz CT molecular complexity index is 383. The van der Waals surface area contributed by atoms with E-state index < -0.39 is 12.3 Å². The van der Waals surface area contributed by atoms with Crippen molar-refractivity contribution in [3.63, 3.8) is 0 Å². The van der Waals surface area contributed by atoms with Crippen molar-refractivity contribution in [3.8, 4) is 0 Å². The van der Waals surface area contributed by atoms with Gasteiger partial charge >= 0.3 is 0 Å². The lowest BCUT2D eigenvalue weighted by Crippen LogP contribution is -2.41. The molecule has 24 heavy (non-hydrogen) atoms. The molecule has 0 saturated heterocycles. The van der Waals surface area contributed by atoms with Crippen molar-refractivity contribution in [1.82, 2.24) is 0 Å². The zero-order chi connectivity index (χ0) is 18.0. The molecule has 0 radical (unpaired) electrons. The molecule has 1 N–H and O–H groups in total. The minimum atomic E-state index is -1.14. The molecule has 0 amide bonds. The Hall–Kier alpha value is -0.780. The van der Waals surface area contributed by atoms with E-state index in [4.69, 9.17) is 14.2 Å². The lowest BCUT2D eigenvalue weighted by atomic mass is 9.84. The van der Waals surface area contributed by atoms with Gasteiger partial charge in [0.25, 0.3) is 0 Å². The molecule has 0 heterocycles. The van der Waals surface area contributed by atoms with Gasteiger partial charge < -0.3 is 19.3 Å². The molecule has 6 nitrogen and oxygen atoms in total. The molecule has 0 aromatic carbocycles. The summed E-state index contributed by atoms with van der Waals surface area (Å²) >= 11 is 0. The van der Waals surface area contributed by atoms with Crippen LogP contribution >= 0.6 is 0 Å². The molecular formula is C18H33NO5. The summed E-state index contributed by atoms with van der Waals surface area (Å²) in [6.07, 6.45) is 6.98. The van der Waals surface area contributed by atoms with Gasteiger partial charge in [-0.15, -0.1) is 0 Å². The van der Waals surface area contributed by atoms with E-state index in [1.165, 1.54) is 38.2 Å². The fourth-order valence-electron chi connectivity index (χ4n) is 3.29. The van der Waals surface area contributed by atoms with Crippen LogP contribution in [-0.2, 0) is 19.0 Å². The van der Waals surface area contributed by atoms with E-state index in [1.54, 1.807) is 7.11 Å². The number of hydrogen-bond donors (Lipinski definition) is 1. The number of methoxy groups -OCH3 is 1. The van der Waals surface area contributed by atoms with Gasteiger partial charge in [-0.25, -0.2) is 4.79 Å². The van der Waals surface area contributed by atoms with Gasteiger partial charge in [0, 0.05) is 13.5 Å². The largest absolute Gasteiger partial charge is 0.371 e. The van der Waals surface area contributed by atoms with Crippen LogP contribution in [0.4, 0.5) is 0 Å². The number of aliphatic imine (C=N–C) groups is 1. The van der Waals surface area contributed by atoms with Crippen LogP contribution in [0.15, 0.2) is 4.99 Å². The van der Waals surface area contributed by atoms with Gasteiger partial charge in [0.2, 0.25) is 6.08 Å². The maximum atomic E-state index is 10.4. The summed E-state index contributed by atoms with van der Waals surface area (Å²) < 4.78 is 17.0. The van der Waals surface area contributed by atoms with Crippen molar-refractivity contribution in [2.75, 3.05) is 13.9 Å².